The van der Waals surface area contributed by atoms with E-state index in [0.717, 1.165) is 11.3 Å². The zero-order chi connectivity index (χ0) is 19.1. The number of allylic oxidation sites excluding steroid dienone is 3. The first kappa shape index (κ1) is 18.9. The molecule has 0 saturated heterocycles. The molecule has 140 valence electrons. The van der Waals surface area contributed by atoms with Gasteiger partial charge in [-0.3, -0.25) is 4.79 Å². The number of hydrogen-bond donors (Lipinski definition) is 0. The summed E-state index contributed by atoms with van der Waals surface area (Å²) in [7, 11) is 0. The molecule has 0 fully saturated rings. The monoisotopic (exact) mass is 374 g/mol. The number of esters is 1. The fraction of sp³-hybridized carbons (Fsp3) is 0.524. The van der Waals surface area contributed by atoms with E-state index >= 15 is 0 Å². The third-order valence-electron chi connectivity index (χ3n) is 4.92. The minimum Gasteiger partial charge on any atom is -0.465 e. The molecule has 0 bridgehead atoms. The van der Waals surface area contributed by atoms with E-state index in [4.69, 9.17) is 9.47 Å². The number of ether oxygens (including phenoxy) is 2. The van der Waals surface area contributed by atoms with Crippen molar-refractivity contribution in [2.45, 2.75) is 59.8 Å². The fourth-order valence-electron chi connectivity index (χ4n) is 3.77. The van der Waals surface area contributed by atoms with Crippen LogP contribution in [0, 0.1) is 5.41 Å². The van der Waals surface area contributed by atoms with Crippen LogP contribution in [0.1, 0.15) is 63.1 Å². The maximum Gasteiger partial charge on any atom is 0.338 e. The van der Waals surface area contributed by atoms with Crippen molar-refractivity contribution in [1.82, 2.24) is 0 Å². The Morgan fingerprint density at radius 2 is 2.04 bits per heavy atom. The Labute approximate surface area is 158 Å². The van der Waals surface area contributed by atoms with Crippen molar-refractivity contribution >= 4 is 23.1 Å². The molecule has 1 aromatic rings. The van der Waals surface area contributed by atoms with Crippen LogP contribution in [0.5, 0.6) is 0 Å². The molecule has 1 aromatic heterocycles. The number of thiophene rings is 1. The summed E-state index contributed by atoms with van der Waals surface area (Å²) in [5.74, 6) is 0.553. The van der Waals surface area contributed by atoms with Gasteiger partial charge in [0.1, 0.15) is 11.5 Å². The van der Waals surface area contributed by atoms with E-state index in [9.17, 15) is 9.59 Å². The number of carbonyl (C=O) groups excluding carboxylic acids is 2. The predicted octanol–water partition coefficient (Wildman–Crippen LogP) is 4.90. The molecular weight excluding hydrogens is 348 g/mol. The summed E-state index contributed by atoms with van der Waals surface area (Å²) in [6.07, 6.45) is 2.09. The first-order valence-electron chi connectivity index (χ1n) is 9.18. The van der Waals surface area contributed by atoms with Crippen LogP contribution in [0.2, 0.25) is 0 Å². The molecule has 0 radical (unpaired) electrons. The molecule has 0 aromatic carbocycles. The molecule has 0 N–H and O–H groups in total. The second-order valence-electron chi connectivity index (χ2n) is 7.66. The van der Waals surface area contributed by atoms with Crippen molar-refractivity contribution in [3.8, 4) is 0 Å². The van der Waals surface area contributed by atoms with Crippen LogP contribution in [0.25, 0.3) is 0 Å². The van der Waals surface area contributed by atoms with Crippen LogP contribution < -0.4 is 0 Å². The Bertz CT molecular complexity index is 810. The summed E-state index contributed by atoms with van der Waals surface area (Å²) in [6, 6.07) is 4.11. The molecule has 0 amide bonds. The Morgan fingerprint density at radius 1 is 1.31 bits per heavy atom. The van der Waals surface area contributed by atoms with Gasteiger partial charge in [0, 0.05) is 28.2 Å². The Kier molecular flexibility index (Phi) is 5.11. The highest BCUT2D eigenvalue weighted by molar-refractivity contribution is 7.12. The number of hydrogen-bond acceptors (Lipinski definition) is 5. The third-order valence-corrected chi connectivity index (χ3v) is 6.22. The molecule has 2 aliphatic rings. The Hall–Kier alpha value is -1.88. The number of aryl methyl sites for hydroxylation is 1. The van der Waals surface area contributed by atoms with Crippen LogP contribution in [-0.4, -0.2) is 18.4 Å². The summed E-state index contributed by atoms with van der Waals surface area (Å²) in [5, 5.41) is 0. The first-order chi connectivity index (χ1) is 12.3. The number of ketones is 1. The maximum atomic E-state index is 13.0. The minimum atomic E-state index is -0.398. The highest BCUT2D eigenvalue weighted by Gasteiger charge is 2.44. The van der Waals surface area contributed by atoms with Crippen LogP contribution in [0.4, 0.5) is 0 Å². The molecule has 26 heavy (non-hydrogen) atoms. The van der Waals surface area contributed by atoms with Gasteiger partial charge >= 0.3 is 5.97 Å². The van der Waals surface area contributed by atoms with Crippen molar-refractivity contribution in [2.24, 2.45) is 5.41 Å². The van der Waals surface area contributed by atoms with E-state index in [1.54, 1.807) is 25.2 Å². The van der Waals surface area contributed by atoms with E-state index in [1.807, 2.05) is 6.07 Å². The SMILES string of the molecule is CCOC(=O)C1=C(C)OC2=C(C(=O)CC(C)(C)C2)[C@@H]1c1ccc(CC)s1. The molecule has 2 heterocycles. The quantitative estimate of drug-likeness (QED) is 0.703. The standard InChI is InChI=1S/C21H26O4S/c1-6-13-8-9-16(26-13)19-17(20(23)24-7-2)12(3)25-15-11-21(4,5)10-14(22)18(15)19/h8-9,19H,6-7,10-11H2,1-5H3/t19-/m1/s1. The van der Waals surface area contributed by atoms with Gasteiger partial charge in [0.2, 0.25) is 0 Å². The van der Waals surface area contributed by atoms with Gasteiger partial charge in [-0.05, 0) is 37.8 Å². The van der Waals surface area contributed by atoms with E-state index < -0.39 is 5.97 Å². The molecule has 0 unspecified atom stereocenters. The lowest BCUT2D eigenvalue weighted by Crippen LogP contribution is -2.33. The summed E-state index contributed by atoms with van der Waals surface area (Å²) in [6.45, 7) is 10.1. The summed E-state index contributed by atoms with van der Waals surface area (Å²) >= 11 is 1.65. The maximum absolute atomic E-state index is 13.0. The molecule has 1 atom stereocenters. The van der Waals surface area contributed by atoms with Crippen molar-refractivity contribution in [3.63, 3.8) is 0 Å². The van der Waals surface area contributed by atoms with E-state index in [0.29, 0.717) is 42.1 Å². The Balaban J connectivity index is 2.15. The molecule has 1 aliphatic heterocycles. The Morgan fingerprint density at radius 3 is 2.65 bits per heavy atom. The molecule has 0 spiro atoms. The third kappa shape index (κ3) is 3.37. The lowest BCUT2D eigenvalue weighted by atomic mass is 9.71. The van der Waals surface area contributed by atoms with Gasteiger partial charge in [-0.15, -0.1) is 11.3 Å². The largest absolute Gasteiger partial charge is 0.465 e. The van der Waals surface area contributed by atoms with Gasteiger partial charge in [-0.25, -0.2) is 4.79 Å². The van der Waals surface area contributed by atoms with E-state index in [-0.39, 0.29) is 17.1 Å². The smallest absolute Gasteiger partial charge is 0.338 e. The van der Waals surface area contributed by atoms with Crippen molar-refractivity contribution in [3.05, 3.63) is 44.6 Å². The number of carbonyl (C=O) groups is 2. The second kappa shape index (κ2) is 7.03. The molecule has 3 rings (SSSR count). The number of rotatable bonds is 4. The summed E-state index contributed by atoms with van der Waals surface area (Å²) < 4.78 is 11.3. The lowest BCUT2D eigenvalue weighted by Gasteiger charge is -2.37. The highest BCUT2D eigenvalue weighted by Crippen LogP contribution is 2.50. The summed E-state index contributed by atoms with van der Waals surface area (Å²) in [4.78, 5) is 28.0. The molecule has 1 aliphatic carbocycles. The van der Waals surface area contributed by atoms with Gasteiger partial charge in [0.25, 0.3) is 0 Å². The molecule has 0 saturated carbocycles. The lowest BCUT2D eigenvalue weighted by molar-refractivity contribution is -0.139. The van der Waals surface area contributed by atoms with Gasteiger partial charge in [-0.2, -0.15) is 0 Å². The topological polar surface area (TPSA) is 52.6 Å². The van der Waals surface area contributed by atoms with Gasteiger partial charge in [0.05, 0.1) is 18.1 Å². The van der Waals surface area contributed by atoms with Gasteiger partial charge in [0.15, 0.2) is 5.78 Å². The normalized spacial score (nSPS) is 22.2. The van der Waals surface area contributed by atoms with Crippen LogP contribution in [0.15, 0.2) is 34.8 Å². The average Bonchev–Trinajstić information content (AvgIpc) is 3.01. The second-order valence-corrected chi connectivity index (χ2v) is 8.86. The van der Waals surface area contributed by atoms with Gasteiger partial charge < -0.3 is 9.47 Å². The zero-order valence-corrected chi connectivity index (χ0v) is 16.9. The highest BCUT2D eigenvalue weighted by atomic mass is 32.1. The summed E-state index contributed by atoms with van der Waals surface area (Å²) in [5.41, 5.74) is 0.970. The zero-order valence-electron chi connectivity index (χ0n) is 16.1. The van der Waals surface area contributed by atoms with Crippen LogP contribution in [-0.2, 0) is 25.5 Å². The fourth-order valence-corrected chi connectivity index (χ4v) is 4.85. The molecule has 4 nitrogen and oxygen atoms in total. The van der Waals surface area contributed by atoms with Crippen molar-refractivity contribution < 1.29 is 19.1 Å². The minimum absolute atomic E-state index is 0.0713. The van der Waals surface area contributed by atoms with Crippen molar-refractivity contribution in [1.29, 1.82) is 0 Å². The van der Waals surface area contributed by atoms with E-state index in [1.165, 1.54) is 4.88 Å². The molecule has 5 heteroatoms. The van der Waals surface area contributed by atoms with Crippen LogP contribution >= 0.6 is 11.3 Å². The average molecular weight is 375 g/mol. The van der Waals surface area contributed by atoms with Crippen LogP contribution in [0.3, 0.4) is 0 Å². The molecular formula is C21H26O4S. The van der Waals surface area contributed by atoms with Gasteiger partial charge in [-0.1, -0.05) is 20.8 Å². The first-order valence-corrected chi connectivity index (χ1v) is 9.99. The predicted molar refractivity (Wildman–Crippen MR) is 102 cm³/mol. The van der Waals surface area contributed by atoms with E-state index in [2.05, 4.69) is 26.8 Å². The van der Waals surface area contributed by atoms with Crippen molar-refractivity contribution in [2.75, 3.05) is 6.61 Å². The number of Topliss-reactive ketones (excluding diaryl/α,β-unsaturated/α-hetero) is 1.